The predicted octanol–water partition coefficient (Wildman–Crippen LogP) is 2.43. The number of hydrogen-bond donors (Lipinski definition) is 1. The first-order valence-electron chi connectivity index (χ1n) is 6.55. The summed E-state index contributed by atoms with van der Waals surface area (Å²) in [6.45, 7) is 2.47. The Hall–Kier alpha value is -0.820. The van der Waals surface area contributed by atoms with E-state index in [-0.39, 0.29) is 6.54 Å². The van der Waals surface area contributed by atoms with Crippen LogP contribution in [-0.4, -0.2) is 67.8 Å². The molecule has 0 fully saturated rings. The lowest BCUT2D eigenvalue weighted by molar-refractivity contribution is -0.138. The number of hydrogen-bond acceptors (Lipinski definition) is 4. The summed E-state index contributed by atoms with van der Waals surface area (Å²) in [6.07, 6.45) is 0. The third-order valence-electron chi connectivity index (χ3n) is 2.78. The van der Waals surface area contributed by atoms with Crippen molar-refractivity contribution in [3.63, 3.8) is 0 Å². The van der Waals surface area contributed by atoms with Gasteiger partial charge in [-0.25, -0.2) is 0 Å². The summed E-state index contributed by atoms with van der Waals surface area (Å²) in [5, 5.41) is 9.55. The molecular weight excluding hydrogens is 360 g/mol. The second-order valence-electron chi connectivity index (χ2n) is 4.90. The van der Waals surface area contributed by atoms with Crippen molar-refractivity contribution in [2.75, 3.05) is 46.9 Å². The quantitative estimate of drug-likeness (QED) is 0.714. The van der Waals surface area contributed by atoms with Gasteiger partial charge in [-0.15, -0.1) is 0 Å². The van der Waals surface area contributed by atoms with E-state index in [0.29, 0.717) is 30.5 Å². The highest BCUT2D eigenvalue weighted by molar-refractivity contribution is 9.10. The number of rotatable bonds is 9. The molecule has 1 N–H and O–H groups in total. The first kappa shape index (κ1) is 18.2. The Morgan fingerprint density at radius 1 is 1.33 bits per heavy atom. The monoisotopic (exact) mass is 378 g/mol. The van der Waals surface area contributed by atoms with Crippen LogP contribution in [0, 0.1) is 0 Å². The zero-order valence-electron chi connectivity index (χ0n) is 12.2. The molecule has 0 unspecified atom stereocenters. The predicted molar refractivity (Wildman–Crippen MR) is 87.3 cm³/mol. The summed E-state index contributed by atoms with van der Waals surface area (Å²) in [5.74, 6) is -0.135. The minimum Gasteiger partial charge on any atom is -0.491 e. The molecule has 0 aliphatic heterocycles. The Morgan fingerprint density at radius 2 is 2.05 bits per heavy atom. The van der Waals surface area contributed by atoms with E-state index in [0.717, 1.165) is 11.0 Å². The summed E-state index contributed by atoms with van der Waals surface area (Å²) in [4.78, 5) is 14.7. The Bertz CT molecular complexity index is 472. The van der Waals surface area contributed by atoms with Crippen LogP contribution in [0.3, 0.4) is 0 Å². The van der Waals surface area contributed by atoms with Crippen molar-refractivity contribution in [2.24, 2.45) is 0 Å². The zero-order valence-corrected chi connectivity index (χ0v) is 14.5. The first-order valence-corrected chi connectivity index (χ1v) is 7.72. The highest BCUT2D eigenvalue weighted by atomic mass is 79.9. The maximum atomic E-state index is 10.9. The van der Waals surface area contributed by atoms with Crippen LogP contribution in [0.5, 0.6) is 5.75 Å². The number of benzene rings is 1. The number of carboxylic acid groups (broad SMARTS) is 1. The van der Waals surface area contributed by atoms with Gasteiger partial charge >= 0.3 is 5.97 Å². The molecule has 0 saturated heterocycles. The highest BCUT2D eigenvalue weighted by Gasteiger charge is 2.10. The normalized spacial score (nSPS) is 11.1. The van der Waals surface area contributed by atoms with E-state index in [4.69, 9.17) is 21.4 Å². The van der Waals surface area contributed by atoms with E-state index in [1.54, 1.807) is 18.2 Å². The van der Waals surface area contributed by atoms with Gasteiger partial charge in [-0.1, -0.05) is 11.6 Å². The van der Waals surface area contributed by atoms with Gasteiger partial charge in [0.05, 0.1) is 11.0 Å². The fraction of sp³-hybridized carbons (Fsp3) is 0.500. The number of ether oxygens (including phenoxy) is 1. The van der Waals surface area contributed by atoms with Gasteiger partial charge in [0.1, 0.15) is 12.4 Å². The summed E-state index contributed by atoms with van der Waals surface area (Å²) >= 11 is 9.25. The molecule has 1 rings (SSSR count). The molecule has 0 saturated carbocycles. The fourth-order valence-corrected chi connectivity index (χ4v) is 2.48. The Kier molecular flexibility index (Phi) is 8.03. The number of nitrogens with zero attached hydrogens (tertiary/aromatic N) is 2. The van der Waals surface area contributed by atoms with Crippen LogP contribution in [0.15, 0.2) is 22.7 Å². The Labute approximate surface area is 138 Å². The van der Waals surface area contributed by atoms with Gasteiger partial charge in [-0.05, 0) is 48.2 Å². The van der Waals surface area contributed by atoms with Crippen molar-refractivity contribution < 1.29 is 14.6 Å². The molecule has 0 aliphatic carbocycles. The van der Waals surface area contributed by atoms with Crippen molar-refractivity contribution in [1.82, 2.24) is 9.80 Å². The molecule has 0 aromatic heterocycles. The average Bonchev–Trinajstić information content (AvgIpc) is 2.37. The molecule has 0 aliphatic rings. The number of aliphatic carboxylic acids is 1. The van der Waals surface area contributed by atoms with E-state index in [9.17, 15) is 4.79 Å². The van der Waals surface area contributed by atoms with Gasteiger partial charge < -0.3 is 14.7 Å². The van der Waals surface area contributed by atoms with Crippen LogP contribution in [0.1, 0.15) is 0 Å². The van der Waals surface area contributed by atoms with Gasteiger partial charge in [0.2, 0.25) is 0 Å². The zero-order chi connectivity index (χ0) is 15.8. The van der Waals surface area contributed by atoms with Crippen molar-refractivity contribution in [3.05, 3.63) is 27.7 Å². The van der Waals surface area contributed by atoms with Crippen LogP contribution in [-0.2, 0) is 4.79 Å². The molecule has 7 heteroatoms. The summed E-state index contributed by atoms with van der Waals surface area (Å²) in [7, 11) is 3.92. The van der Waals surface area contributed by atoms with Crippen molar-refractivity contribution in [1.29, 1.82) is 0 Å². The van der Waals surface area contributed by atoms with Gasteiger partial charge in [-0.2, -0.15) is 0 Å². The molecule has 0 heterocycles. The molecular formula is C14H20BrClN2O3. The van der Waals surface area contributed by atoms with E-state index in [2.05, 4.69) is 15.9 Å². The third-order valence-corrected chi connectivity index (χ3v) is 3.64. The van der Waals surface area contributed by atoms with E-state index in [1.807, 2.05) is 23.9 Å². The molecule has 0 radical (unpaired) electrons. The maximum absolute atomic E-state index is 10.9. The second kappa shape index (κ2) is 9.25. The molecule has 21 heavy (non-hydrogen) atoms. The number of halogens is 2. The standard InChI is InChI=1S/C14H20BrClN2O3/c1-17(2)5-6-18(10-14(19)20)7-8-21-13-4-3-11(16)9-12(13)15/h3-4,9H,5-8,10H2,1-2H3,(H,19,20). The van der Waals surface area contributed by atoms with E-state index in [1.165, 1.54) is 0 Å². The summed E-state index contributed by atoms with van der Waals surface area (Å²) < 4.78 is 6.44. The molecule has 1 aromatic carbocycles. The minimum atomic E-state index is -0.832. The summed E-state index contributed by atoms with van der Waals surface area (Å²) in [5.41, 5.74) is 0. The molecule has 0 amide bonds. The SMILES string of the molecule is CN(C)CCN(CCOc1ccc(Cl)cc1Br)CC(=O)O. The first-order chi connectivity index (χ1) is 9.88. The maximum Gasteiger partial charge on any atom is 0.317 e. The van der Waals surface area contributed by atoms with Crippen molar-refractivity contribution in [3.8, 4) is 5.75 Å². The molecule has 118 valence electrons. The van der Waals surface area contributed by atoms with Crippen LogP contribution >= 0.6 is 27.5 Å². The molecule has 0 spiro atoms. The minimum absolute atomic E-state index is 0.0129. The molecule has 0 bridgehead atoms. The van der Waals surface area contributed by atoms with Gasteiger partial charge in [0.15, 0.2) is 0 Å². The van der Waals surface area contributed by atoms with E-state index < -0.39 is 5.97 Å². The smallest absolute Gasteiger partial charge is 0.317 e. The topological polar surface area (TPSA) is 53.0 Å². The van der Waals surface area contributed by atoms with Crippen LogP contribution in [0.25, 0.3) is 0 Å². The lowest BCUT2D eigenvalue weighted by atomic mass is 10.3. The van der Waals surface area contributed by atoms with Gasteiger partial charge in [-0.3, -0.25) is 9.69 Å². The van der Waals surface area contributed by atoms with Crippen LogP contribution < -0.4 is 4.74 Å². The molecule has 1 aromatic rings. The third kappa shape index (κ3) is 7.66. The van der Waals surface area contributed by atoms with Crippen molar-refractivity contribution in [2.45, 2.75) is 0 Å². The van der Waals surface area contributed by atoms with E-state index >= 15 is 0 Å². The Balaban J connectivity index is 2.46. The largest absolute Gasteiger partial charge is 0.491 e. The number of carbonyl (C=O) groups is 1. The van der Waals surface area contributed by atoms with Crippen LogP contribution in [0.2, 0.25) is 5.02 Å². The highest BCUT2D eigenvalue weighted by Crippen LogP contribution is 2.27. The second-order valence-corrected chi connectivity index (χ2v) is 6.19. The van der Waals surface area contributed by atoms with Crippen LogP contribution in [0.4, 0.5) is 0 Å². The lowest BCUT2D eigenvalue weighted by Gasteiger charge is -2.22. The van der Waals surface area contributed by atoms with Gasteiger partial charge in [0.25, 0.3) is 0 Å². The fourth-order valence-electron chi connectivity index (χ4n) is 1.68. The summed E-state index contributed by atoms with van der Waals surface area (Å²) in [6, 6.07) is 5.30. The number of carboxylic acids is 1. The molecule has 5 nitrogen and oxygen atoms in total. The van der Waals surface area contributed by atoms with Gasteiger partial charge in [0, 0.05) is 24.7 Å². The Morgan fingerprint density at radius 3 is 2.62 bits per heavy atom. The molecule has 0 atom stereocenters. The number of likely N-dealkylation sites (N-methyl/N-ethyl adjacent to an activating group) is 1. The lowest BCUT2D eigenvalue weighted by Crippen LogP contribution is -2.38. The van der Waals surface area contributed by atoms with Crippen molar-refractivity contribution >= 4 is 33.5 Å². The average molecular weight is 380 g/mol.